The molecule has 0 bridgehead atoms. The number of ketones is 1. The number of aryl methyl sites for hydroxylation is 1. The molecule has 0 saturated heterocycles. The van der Waals surface area contributed by atoms with E-state index in [4.69, 9.17) is 0 Å². The molecule has 0 fully saturated rings. The number of rotatable bonds is 6. The van der Waals surface area contributed by atoms with Crippen molar-refractivity contribution in [2.75, 3.05) is 0 Å². The van der Waals surface area contributed by atoms with E-state index in [1.165, 1.54) is 0 Å². The van der Waals surface area contributed by atoms with Crippen LogP contribution in [-0.2, 0) is 0 Å². The van der Waals surface area contributed by atoms with Gasteiger partial charge in [-0.3, -0.25) is 14.9 Å². The normalized spacial score (nSPS) is 12.7. The van der Waals surface area contributed by atoms with Crippen molar-refractivity contribution >= 4 is 5.78 Å². The second kappa shape index (κ2) is 6.73. The van der Waals surface area contributed by atoms with Crippen LogP contribution >= 0.6 is 0 Å². The van der Waals surface area contributed by atoms with Gasteiger partial charge in [-0.25, -0.2) is 0 Å². The Hall–Kier alpha value is -2.49. The molecule has 120 valence electrons. The van der Waals surface area contributed by atoms with Crippen molar-refractivity contribution in [3.63, 3.8) is 0 Å². The minimum Gasteiger partial charge on any atom is -0.294 e. The summed E-state index contributed by atoms with van der Waals surface area (Å²) in [6, 6.07) is 16.5. The summed E-state index contributed by atoms with van der Waals surface area (Å²) < 4.78 is 0. The van der Waals surface area contributed by atoms with Gasteiger partial charge in [-0.05, 0) is 12.5 Å². The number of nitro groups is 1. The van der Waals surface area contributed by atoms with Crippen LogP contribution in [0.5, 0.6) is 0 Å². The van der Waals surface area contributed by atoms with Gasteiger partial charge in [0.15, 0.2) is 5.78 Å². The van der Waals surface area contributed by atoms with Crippen molar-refractivity contribution in [2.24, 2.45) is 0 Å². The highest BCUT2D eigenvalue weighted by atomic mass is 16.6. The molecule has 0 aromatic heterocycles. The van der Waals surface area contributed by atoms with Gasteiger partial charge in [0.05, 0.1) is 5.92 Å². The number of carbonyl (C=O) groups excluding carboxylic acids is 1. The van der Waals surface area contributed by atoms with Gasteiger partial charge in [-0.15, -0.1) is 0 Å². The Morgan fingerprint density at radius 1 is 1.09 bits per heavy atom. The molecule has 2 aromatic rings. The van der Waals surface area contributed by atoms with Gasteiger partial charge in [0.2, 0.25) is 5.54 Å². The molecule has 0 radical (unpaired) electrons. The highest BCUT2D eigenvalue weighted by Crippen LogP contribution is 2.34. The minimum atomic E-state index is -1.22. The number of Topliss-reactive ketones (excluding diaryl/α,β-unsaturated/α-hetero) is 1. The molecule has 0 aliphatic carbocycles. The van der Waals surface area contributed by atoms with Crippen LogP contribution in [-0.4, -0.2) is 16.2 Å². The van der Waals surface area contributed by atoms with E-state index >= 15 is 0 Å². The largest absolute Gasteiger partial charge is 0.294 e. The summed E-state index contributed by atoms with van der Waals surface area (Å²) in [5.41, 5.74) is 1.26. The zero-order valence-corrected chi connectivity index (χ0v) is 13.7. The number of carbonyl (C=O) groups is 1. The first-order chi connectivity index (χ1) is 10.8. The lowest BCUT2D eigenvalue weighted by Gasteiger charge is -2.26. The topological polar surface area (TPSA) is 60.2 Å². The summed E-state index contributed by atoms with van der Waals surface area (Å²) in [7, 11) is 0. The smallest absolute Gasteiger partial charge is 0.223 e. The molecule has 0 amide bonds. The summed E-state index contributed by atoms with van der Waals surface area (Å²) >= 11 is 0. The second-order valence-electron chi connectivity index (χ2n) is 6.37. The van der Waals surface area contributed by atoms with Crippen LogP contribution in [0.15, 0.2) is 54.6 Å². The molecule has 0 heterocycles. The Labute approximate surface area is 136 Å². The predicted octanol–water partition coefficient (Wildman–Crippen LogP) is 4.41. The van der Waals surface area contributed by atoms with Gasteiger partial charge in [-0.2, -0.15) is 0 Å². The Bertz CT molecular complexity index is 690. The highest BCUT2D eigenvalue weighted by molar-refractivity contribution is 5.96. The average Bonchev–Trinajstić information content (AvgIpc) is 2.53. The van der Waals surface area contributed by atoms with E-state index < -0.39 is 11.5 Å². The van der Waals surface area contributed by atoms with Crippen LogP contribution in [0.2, 0.25) is 0 Å². The van der Waals surface area contributed by atoms with Crippen LogP contribution in [0.25, 0.3) is 0 Å². The first kappa shape index (κ1) is 16.9. The van der Waals surface area contributed by atoms with E-state index in [1.807, 2.05) is 49.4 Å². The van der Waals surface area contributed by atoms with Gasteiger partial charge >= 0.3 is 0 Å². The maximum absolute atomic E-state index is 12.6. The van der Waals surface area contributed by atoms with E-state index in [2.05, 4.69) is 0 Å². The summed E-state index contributed by atoms with van der Waals surface area (Å²) in [5.74, 6) is -0.554. The molecule has 0 aliphatic rings. The predicted molar refractivity (Wildman–Crippen MR) is 90.4 cm³/mol. The number of hydrogen-bond donors (Lipinski definition) is 0. The third-order valence-corrected chi connectivity index (χ3v) is 4.29. The fourth-order valence-electron chi connectivity index (χ4n) is 2.63. The SMILES string of the molecule is Cc1ccc(C(=O)CC(c2ccccc2)C(C)(C)[N+](=O)[O-])cc1. The molecule has 23 heavy (non-hydrogen) atoms. The summed E-state index contributed by atoms with van der Waals surface area (Å²) in [6.45, 7) is 5.11. The molecule has 0 N–H and O–H groups in total. The van der Waals surface area contributed by atoms with Crippen molar-refractivity contribution in [2.45, 2.75) is 38.6 Å². The van der Waals surface area contributed by atoms with Crippen molar-refractivity contribution in [1.82, 2.24) is 0 Å². The zero-order valence-electron chi connectivity index (χ0n) is 13.7. The first-order valence-corrected chi connectivity index (χ1v) is 7.61. The van der Waals surface area contributed by atoms with Crippen LogP contribution in [0.3, 0.4) is 0 Å². The molecule has 4 nitrogen and oxygen atoms in total. The molecule has 0 saturated carbocycles. The van der Waals surface area contributed by atoms with E-state index in [1.54, 1.807) is 26.0 Å². The quantitative estimate of drug-likeness (QED) is 0.451. The Kier molecular flexibility index (Phi) is 4.94. The van der Waals surface area contributed by atoms with E-state index in [0.29, 0.717) is 5.56 Å². The Morgan fingerprint density at radius 3 is 2.17 bits per heavy atom. The molecule has 0 spiro atoms. The fraction of sp³-hybridized carbons (Fsp3) is 0.316. The Morgan fingerprint density at radius 2 is 1.65 bits per heavy atom. The molecular formula is C19H21NO3. The van der Waals surface area contributed by atoms with Crippen LogP contribution in [0, 0.1) is 17.0 Å². The molecule has 1 unspecified atom stereocenters. The monoisotopic (exact) mass is 311 g/mol. The van der Waals surface area contributed by atoms with E-state index in [-0.39, 0.29) is 17.1 Å². The van der Waals surface area contributed by atoms with Crippen molar-refractivity contribution in [1.29, 1.82) is 0 Å². The summed E-state index contributed by atoms with van der Waals surface area (Å²) in [4.78, 5) is 23.8. The lowest BCUT2D eigenvalue weighted by molar-refractivity contribution is -0.565. The highest BCUT2D eigenvalue weighted by Gasteiger charge is 2.42. The molecule has 2 aromatic carbocycles. The summed E-state index contributed by atoms with van der Waals surface area (Å²) in [5, 5.41) is 11.5. The molecule has 2 rings (SSSR count). The molecular weight excluding hydrogens is 290 g/mol. The number of benzene rings is 2. The number of hydrogen-bond acceptors (Lipinski definition) is 3. The third kappa shape index (κ3) is 3.83. The van der Waals surface area contributed by atoms with E-state index in [0.717, 1.165) is 11.1 Å². The second-order valence-corrected chi connectivity index (χ2v) is 6.37. The van der Waals surface area contributed by atoms with Crippen molar-refractivity contribution in [3.8, 4) is 0 Å². The number of nitrogens with zero attached hydrogens (tertiary/aromatic N) is 1. The van der Waals surface area contributed by atoms with Gasteiger partial charge in [0.1, 0.15) is 0 Å². The van der Waals surface area contributed by atoms with E-state index in [9.17, 15) is 14.9 Å². The first-order valence-electron chi connectivity index (χ1n) is 7.61. The fourth-order valence-corrected chi connectivity index (χ4v) is 2.63. The lowest BCUT2D eigenvalue weighted by atomic mass is 9.78. The third-order valence-electron chi connectivity index (χ3n) is 4.29. The Balaban J connectivity index is 2.33. The molecule has 0 aliphatic heterocycles. The zero-order chi connectivity index (χ0) is 17.0. The van der Waals surface area contributed by atoms with Crippen LogP contribution in [0.4, 0.5) is 0 Å². The van der Waals surface area contributed by atoms with Crippen molar-refractivity contribution < 1.29 is 9.72 Å². The lowest BCUT2D eigenvalue weighted by Crippen LogP contribution is -2.39. The van der Waals surface area contributed by atoms with Gasteiger partial charge in [0, 0.05) is 30.8 Å². The van der Waals surface area contributed by atoms with Crippen LogP contribution in [0.1, 0.15) is 47.7 Å². The average molecular weight is 311 g/mol. The van der Waals surface area contributed by atoms with Gasteiger partial charge < -0.3 is 0 Å². The molecule has 4 heteroatoms. The van der Waals surface area contributed by atoms with Gasteiger partial charge in [0.25, 0.3) is 0 Å². The van der Waals surface area contributed by atoms with Crippen LogP contribution < -0.4 is 0 Å². The maximum atomic E-state index is 12.6. The standard InChI is InChI=1S/C19H21NO3/c1-14-9-11-16(12-10-14)18(21)13-17(19(2,3)20(22)23)15-7-5-4-6-8-15/h4-12,17H,13H2,1-3H3. The van der Waals surface area contributed by atoms with Gasteiger partial charge in [-0.1, -0.05) is 60.2 Å². The molecule has 1 atom stereocenters. The minimum absolute atomic E-state index is 0.0752. The van der Waals surface area contributed by atoms with Crippen molar-refractivity contribution in [3.05, 3.63) is 81.4 Å². The summed E-state index contributed by atoms with van der Waals surface area (Å²) in [6.07, 6.45) is 0.112. The maximum Gasteiger partial charge on any atom is 0.223 e.